The van der Waals surface area contributed by atoms with Crippen LogP contribution in [0.2, 0.25) is 5.02 Å². The van der Waals surface area contributed by atoms with Crippen LogP contribution in [-0.2, 0) is 0 Å². The number of anilines is 4. The van der Waals surface area contributed by atoms with E-state index in [-0.39, 0.29) is 0 Å². The highest BCUT2D eigenvalue weighted by Gasteiger charge is 2.10. The van der Waals surface area contributed by atoms with Crippen molar-refractivity contribution in [2.45, 2.75) is 13.8 Å². The van der Waals surface area contributed by atoms with Gasteiger partial charge in [0.2, 0.25) is 5.95 Å². The lowest BCUT2D eigenvalue weighted by Crippen LogP contribution is -2.03. The Morgan fingerprint density at radius 3 is 2.48 bits per heavy atom. The molecule has 0 aliphatic heterocycles. The smallest absolute Gasteiger partial charge is 0.229 e. The van der Waals surface area contributed by atoms with Gasteiger partial charge >= 0.3 is 0 Å². The molecule has 0 fully saturated rings. The van der Waals surface area contributed by atoms with Gasteiger partial charge in [-0.15, -0.1) is 0 Å². The van der Waals surface area contributed by atoms with Crippen LogP contribution < -0.4 is 20.1 Å². The maximum absolute atomic E-state index is 6.36. The maximum Gasteiger partial charge on any atom is 0.229 e. The molecular weight excluding hydrogens is 364 g/mol. The summed E-state index contributed by atoms with van der Waals surface area (Å²) in [4.78, 5) is 8.79. The fourth-order valence-electron chi connectivity index (χ4n) is 2.72. The first-order valence-electron chi connectivity index (χ1n) is 8.36. The van der Waals surface area contributed by atoms with Crippen LogP contribution in [0, 0.1) is 13.8 Å². The van der Waals surface area contributed by atoms with Crippen LogP contribution in [0.4, 0.5) is 23.1 Å². The van der Waals surface area contributed by atoms with Crippen molar-refractivity contribution in [1.82, 2.24) is 9.97 Å². The van der Waals surface area contributed by atoms with Gasteiger partial charge in [-0.25, -0.2) is 4.98 Å². The summed E-state index contributed by atoms with van der Waals surface area (Å²) in [7, 11) is 3.23. The molecule has 1 heterocycles. The van der Waals surface area contributed by atoms with Gasteiger partial charge in [0.25, 0.3) is 0 Å². The number of hydrogen-bond acceptors (Lipinski definition) is 6. The molecule has 0 radical (unpaired) electrons. The lowest BCUT2D eigenvalue weighted by Gasteiger charge is -2.14. The molecule has 3 rings (SSSR count). The highest BCUT2D eigenvalue weighted by atomic mass is 35.5. The molecule has 1 aromatic heterocycles. The SMILES string of the molecule is COc1ccc(OC)c(Nc2ccnc(Nc3c(C)cc(C)cc3Cl)n2)c1. The summed E-state index contributed by atoms with van der Waals surface area (Å²) in [5.74, 6) is 2.45. The van der Waals surface area contributed by atoms with Crippen LogP contribution in [-0.4, -0.2) is 24.2 Å². The molecule has 0 aliphatic carbocycles. The van der Waals surface area contributed by atoms with E-state index >= 15 is 0 Å². The quantitative estimate of drug-likeness (QED) is 0.604. The topological polar surface area (TPSA) is 68.3 Å². The van der Waals surface area contributed by atoms with E-state index in [1.807, 2.05) is 38.1 Å². The third kappa shape index (κ3) is 4.41. The summed E-state index contributed by atoms with van der Waals surface area (Å²) in [5.41, 5.74) is 3.66. The van der Waals surface area contributed by atoms with Crippen molar-refractivity contribution in [2.24, 2.45) is 0 Å². The van der Waals surface area contributed by atoms with Crippen LogP contribution >= 0.6 is 11.6 Å². The van der Waals surface area contributed by atoms with Crippen molar-refractivity contribution in [1.29, 1.82) is 0 Å². The van der Waals surface area contributed by atoms with Crippen molar-refractivity contribution in [3.8, 4) is 11.5 Å². The second-order valence-corrected chi connectivity index (χ2v) is 6.43. The molecule has 0 spiro atoms. The third-order valence-corrected chi connectivity index (χ3v) is 4.29. The number of hydrogen-bond donors (Lipinski definition) is 2. The van der Waals surface area contributed by atoms with Crippen molar-refractivity contribution < 1.29 is 9.47 Å². The highest BCUT2D eigenvalue weighted by Crippen LogP contribution is 2.32. The van der Waals surface area contributed by atoms with E-state index in [1.54, 1.807) is 26.5 Å². The van der Waals surface area contributed by atoms with Crippen LogP contribution in [0.3, 0.4) is 0 Å². The average Bonchev–Trinajstić information content (AvgIpc) is 2.65. The molecule has 2 aromatic carbocycles. The third-order valence-electron chi connectivity index (χ3n) is 3.99. The molecule has 0 aliphatic rings. The lowest BCUT2D eigenvalue weighted by atomic mass is 10.1. The Hall–Kier alpha value is -2.99. The highest BCUT2D eigenvalue weighted by molar-refractivity contribution is 6.33. The van der Waals surface area contributed by atoms with E-state index in [4.69, 9.17) is 21.1 Å². The first kappa shape index (κ1) is 18.8. The first-order valence-corrected chi connectivity index (χ1v) is 8.74. The summed E-state index contributed by atoms with van der Waals surface area (Å²) in [5, 5.41) is 7.06. The molecule has 0 amide bonds. The van der Waals surface area contributed by atoms with Gasteiger partial charge in [0.05, 0.1) is 30.6 Å². The van der Waals surface area contributed by atoms with Gasteiger partial charge in [0.15, 0.2) is 0 Å². The molecule has 0 unspecified atom stereocenters. The number of halogens is 1. The van der Waals surface area contributed by atoms with Gasteiger partial charge < -0.3 is 20.1 Å². The van der Waals surface area contributed by atoms with Crippen molar-refractivity contribution in [2.75, 3.05) is 24.9 Å². The van der Waals surface area contributed by atoms with E-state index in [1.165, 1.54) is 0 Å². The molecule has 0 saturated carbocycles. The van der Waals surface area contributed by atoms with Crippen molar-refractivity contribution in [3.05, 3.63) is 58.7 Å². The standard InChI is InChI=1S/C20H21ClN4O2/c1-12-9-13(2)19(15(21)10-12)25-20-22-8-7-18(24-20)23-16-11-14(26-3)5-6-17(16)27-4/h5-11H,1-4H3,(H2,22,23,24,25). The van der Waals surface area contributed by atoms with Crippen LogP contribution in [0.15, 0.2) is 42.6 Å². The Morgan fingerprint density at radius 2 is 1.78 bits per heavy atom. The summed E-state index contributed by atoms with van der Waals surface area (Å²) in [6, 6.07) is 11.2. The molecule has 6 nitrogen and oxygen atoms in total. The minimum absolute atomic E-state index is 0.440. The van der Waals surface area contributed by atoms with E-state index < -0.39 is 0 Å². The average molecular weight is 385 g/mol. The molecular formula is C20H21ClN4O2. The molecule has 0 atom stereocenters. The number of ether oxygens (including phenoxy) is 2. The second-order valence-electron chi connectivity index (χ2n) is 6.02. The summed E-state index contributed by atoms with van der Waals surface area (Å²) in [6.07, 6.45) is 1.67. The van der Waals surface area contributed by atoms with Crippen molar-refractivity contribution >= 4 is 34.7 Å². The fraction of sp³-hybridized carbons (Fsp3) is 0.200. The van der Waals surface area contributed by atoms with Gasteiger partial charge in [-0.1, -0.05) is 17.7 Å². The van der Waals surface area contributed by atoms with E-state index in [9.17, 15) is 0 Å². The number of nitrogens with one attached hydrogen (secondary N) is 2. The molecule has 0 bridgehead atoms. The Balaban J connectivity index is 1.87. The van der Waals surface area contributed by atoms with Gasteiger partial charge in [0.1, 0.15) is 17.3 Å². The molecule has 3 aromatic rings. The predicted molar refractivity (Wildman–Crippen MR) is 109 cm³/mol. The van der Waals surface area contributed by atoms with Crippen LogP contribution in [0.5, 0.6) is 11.5 Å². The minimum Gasteiger partial charge on any atom is -0.497 e. The van der Waals surface area contributed by atoms with Gasteiger partial charge in [0, 0.05) is 12.3 Å². The summed E-state index contributed by atoms with van der Waals surface area (Å²) >= 11 is 6.36. The predicted octanol–water partition coefficient (Wildman–Crippen LogP) is 5.25. The molecule has 140 valence electrons. The zero-order valence-corrected chi connectivity index (χ0v) is 16.4. The molecule has 27 heavy (non-hydrogen) atoms. The van der Waals surface area contributed by atoms with Gasteiger partial charge in [-0.2, -0.15) is 4.98 Å². The zero-order valence-electron chi connectivity index (χ0n) is 15.6. The number of benzene rings is 2. The second kappa shape index (κ2) is 8.14. The van der Waals surface area contributed by atoms with Gasteiger partial charge in [-0.05, 0) is 49.2 Å². The lowest BCUT2D eigenvalue weighted by molar-refractivity contribution is 0.405. The number of rotatable bonds is 6. The Labute approximate surface area is 163 Å². The number of aromatic nitrogens is 2. The Morgan fingerprint density at radius 1 is 0.963 bits per heavy atom. The Bertz CT molecular complexity index is 939. The Kier molecular flexibility index (Phi) is 5.66. The van der Waals surface area contributed by atoms with E-state index in [0.717, 1.165) is 22.5 Å². The largest absolute Gasteiger partial charge is 0.497 e. The maximum atomic E-state index is 6.36. The monoisotopic (exact) mass is 384 g/mol. The molecule has 7 heteroatoms. The van der Waals surface area contributed by atoms with Crippen LogP contribution in [0.1, 0.15) is 11.1 Å². The summed E-state index contributed by atoms with van der Waals surface area (Å²) in [6.45, 7) is 4.00. The minimum atomic E-state index is 0.440. The zero-order chi connectivity index (χ0) is 19.4. The number of aryl methyl sites for hydroxylation is 2. The number of nitrogens with zero attached hydrogens (tertiary/aromatic N) is 2. The first-order chi connectivity index (χ1) is 13.0. The number of methoxy groups -OCH3 is 2. The van der Waals surface area contributed by atoms with Crippen LogP contribution in [0.25, 0.3) is 0 Å². The van der Waals surface area contributed by atoms with Gasteiger partial charge in [-0.3, -0.25) is 0 Å². The normalized spacial score (nSPS) is 10.4. The van der Waals surface area contributed by atoms with Crippen molar-refractivity contribution in [3.63, 3.8) is 0 Å². The van der Waals surface area contributed by atoms with E-state index in [0.29, 0.717) is 28.3 Å². The summed E-state index contributed by atoms with van der Waals surface area (Å²) < 4.78 is 10.7. The molecule has 2 N–H and O–H groups in total. The van der Waals surface area contributed by atoms with E-state index in [2.05, 4.69) is 26.7 Å². The molecule has 0 saturated heterocycles. The fourth-order valence-corrected chi connectivity index (χ4v) is 3.09.